The summed E-state index contributed by atoms with van der Waals surface area (Å²) >= 11 is 0. The second kappa shape index (κ2) is 3.36. The first-order valence-corrected chi connectivity index (χ1v) is 6.89. The SMILES string of the molecule is CC1=CC[C@@](C)([C@@]2(C)CC(O)CC23CO3)CC1. The second-order valence-electron chi connectivity index (χ2n) is 6.99. The van der Waals surface area contributed by atoms with Gasteiger partial charge in [-0.15, -0.1) is 0 Å². The van der Waals surface area contributed by atoms with Crippen LogP contribution in [-0.2, 0) is 4.74 Å². The molecule has 2 nitrogen and oxygen atoms in total. The van der Waals surface area contributed by atoms with Gasteiger partial charge in [-0.05, 0) is 38.0 Å². The molecular formula is C15H24O2. The Morgan fingerprint density at radius 3 is 2.59 bits per heavy atom. The molecule has 0 radical (unpaired) electrons. The zero-order chi connectivity index (χ0) is 12.3. The van der Waals surface area contributed by atoms with Crippen molar-refractivity contribution in [2.75, 3.05) is 6.61 Å². The normalized spacial score (nSPS) is 53.9. The Kier molecular flexibility index (Phi) is 2.32. The van der Waals surface area contributed by atoms with Crippen LogP contribution in [0.4, 0.5) is 0 Å². The first-order chi connectivity index (χ1) is 7.91. The van der Waals surface area contributed by atoms with Crippen LogP contribution in [0.15, 0.2) is 11.6 Å². The minimum Gasteiger partial charge on any atom is -0.393 e. The van der Waals surface area contributed by atoms with Crippen LogP contribution in [0.25, 0.3) is 0 Å². The summed E-state index contributed by atoms with van der Waals surface area (Å²) in [5.74, 6) is 0. The third kappa shape index (κ3) is 1.47. The second-order valence-corrected chi connectivity index (χ2v) is 6.99. The van der Waals surface area contributed by atoms with E-state index in [1.54, 1.807) is 0 Å². The molecule has 2 aliphatic carbocycles. The van der Waals surface area contributed by atoms with Crippen LogP contribution in [0.3, 0.4) is 0 Å². The summed E-state index contributed by atoms with van der Waals surface area (Å²) in [6.07, 6.45) is 7.59. The predicted molar refractivity (Wildman–Crippen MR) is 67.7 cm³/mol. The summed E-state index contributed by atoms with van der Waals surface area (Å²) in [5.41, 5.74) is 1.97. The lowest BCUT2D eigenvalue weighted by molar-refractivity contribution is -0.00637. The van der Waals surface area contributed by atoms with Crippen molar-refractivity contribution in [1.82, 2.24) is 0 Å². The molecular weight excluding hydrogens is 212 g/mol. The monoisotopic (exact) mass is 236 g/mol. The zero-order valence-electron chi connectivity index (χ0n) is 11.3. The highest BCUT2D eigenvalue weighted by Crippen LogP contribution is 2.66. The van der Waals surface area contributed by atoms with E-state index in [-0.39, 0.29) is 17.1 Å². The van der Waals surface area contributed by atoms with E-state index in [0.29, 0.717) is 5.41 Å². The molecule has 1 N–H and O–H groups in total. The Hall–Kier alpha value is -0.340. The van der Waals surface area contributed by atoms with Gasteiger partial charge in [0.2, 0.25) is 0 Å². The first-order valence-electron chi connectivity index (χ1n) is 6.89. The van der Waals surface area contributed by atoms with Crippen molar-refractivity contribution in [3.8, 4) is 0 Å². The van der Waals surface area contributed by atoms with E-state index in [0.717, 1.165) is 25.9 Å². The highest BCUT2D eigenvalue weighted by molar-refractivity contribution is 5.21. The molecule has 96 valence electrons. The standard InChI is InChI=1S/C15H24O2/c1-11-4-6-13(2,7-5-11)14(3)8-12(16)9-15(14)10-17-15/h4,12,16H,5-10H2,1-3H3/t12?,13-,14-,15?/m1/s1. The number of ether oxygens (including phenoxy) is 1. The molecule has 0 aromatic heterocycles. The summed E-state index contributed by atoms with van der Waals surface area (Å²) in [7, 11) is 0. The van der Waals surface area contributed by atoms with Gasteiger partial charge in [0, 0.05) is 11.8 Å². The van der Waals surface area contributed by atoms with E-state index in [1.807, 2.05) is 0 Å². The Morgan fingerprint density at radius 1 is 1.35 bits per heavy atom. The van der Waals surface area contributed by atoms with Crippen LogP contribution in [0.5, 0.6) is 0 Å². The molecule has 3 aliphatic rings. The van der Waals surface area contributed by atoms with Gasteiger partial charge in [-0.3, -0.25) is 0 Å². The van der Waals surface area contributed by atoms with E-state index >= 15 is 0 Å². The molecule has 0 aromatic rings. The van der Waals surface area contributed by atoms with E-state index in [4.69, 9.17) is 4.74 Å². The van der Waals surface area contributed by atoms with Crippen molar-refractivity contribution >= 4 is 0 Å². The number of aliphatic hydroxyl groups is 1. The lowest BCUT2D eigenvalue weighted by Gasteiger charge is -2.48. The molecule has 3 rings (SSSR count). The van der Waals surface area contributed by atoms with Crippen molar-refractivity contribution in [1.29, 1.82) is 0 Å². The molecule has 4 atom stereocenters. The van der Waals surface area contributed by atoms with Gasteiger partial charge in [0.25, 0.3) is 0 Å². The number of hydrogen-bond acceptors (Lipinski definition) is 2. The highest BCUT2D eigenvalue weighted by atomic mass is 16.6. The van der Waals surface area contributed by atoms with E-state index in [9.17, 15) is 5.11 Å². The first kappa shape index (κ1) is 11.7. The average molecular weight is 236 g/mol. The molecule has 1 spiro atoms. The average Bonchev–Trinajstić information content (AvgIpc) is 2.97. The number of epoxide rings is 1. The smallest absolute Gasteiger partial charge is 0.1000 e. The van der Waals surface area contributed by atoms with Gasteiger partial charge in [0.15, 0.2) is 0 Å². The molecule has 2 heteroatoms. The Bertz CT molecular complexity index is 369. The third-order valence-corrected chi connectivity index (χ3v) is 6.01. The number of aliphatic hydroxyl groups excluding tert-OH is 1. The molecule has 2 fully saturated rings. The lowest BCUT2D eigenvalue weighted by atomic mass is 9.55. The van der Waals surface area contributed by atoms with E-state index in [1.165, 1.54) is 18.4 Å². The fraction of sp³-hybridized carbons (Fsp3) is 0.867. The molecule has 0 bridgehead atoms. The summed E-state index contributed by atoms with van der Waals surface area (Å²) in [6.45, 7) is 7.84. The van der Waals surface area contributed by atoms with Crippen LogP contribution >= 0.6 is 0 Å². The lowest BCUT2D eigenvalue weighted by Crippen LogP contribution is -2.46. The third-order valence-electron chi connectivity index (χ3n) is 6.01. The molecule has 1 saturated heterocycles. The maximum Gasteiger partial charge on any atom is 0.1000 e. The molecule has 0 aromatic carbocycles. The minimum atomic E-state index is -0.161. The van der Waals surface area contributed by atoms with Gasteiger partial charge in [-0.2, -0.15) is 0 Å². The van der Waals surface area contributed by atoms with Crippen molar-refractivity contribution in [3.63, 3.8) is 0 Å². The fourth-order valence-electron chi connectivity index (χ4n) is 4.23. The Morgan fingerprint density at radius 2 is 2.06 bits per heavy atom. The summed E-state index contributed by atoms with van der Waals surface area (Å²) in [4.78, 5) is 0. The molecule has 1 saturated carbocycles. The summed E-state index contributed by atoms with van der Waals surface area (Å²) < 4.78 is 5.81. The highest BCUT2D eigenvalue weighted by Gasteiger charge is 2.69. The van der Waals surface area contributed by atoms with Crippen LogP contribution in [0, 0.1) is 10.8 Å². The molecule has 2 unspecified atom stereocenters. The zero-order valence-corrected chi connectivity index (χ0v) is 11.3. The largest absolute Gasteiger partial charge is 0.393 e. The van der Waals surface area contributed by atoms with Crippen molar-refractivity contribution < 1.29 is 9.84 Å². The maximum atomic E-state index is 10.0. The Balaban J connectivity index is 1.93. The minimum absolute atomic E-state index is 0.000249. The van der Waals surface area contributed by atoms with Crippen LogP contribution in [-0.4, -0.2) is 23.4 Å². The molecule has 1 heterocycles. The van der Waals surface area contributed by atoms with Gasteiger partial charge >= 0.3 is 0 Å². The number of rotatable bonds is 1. The maximum absolute atomic E-state index is 10.0. The number of allylic oxidation sites excluding steroid dienone is 2. The van der Waals surface area contributed by atoms with Crippen molar-refractivity contribution in [3.05, 3.63) is 11.6 Å². The van der Waals surface area contributed by atoms with Gasteiger partial charge in [0.1, 0.15) is 0 Å². The predicted octanol–water partition coefficient (Wildman–Crippen LogP) is 3.05. The summed E-state index contributed by atoms with van der Waals surface area (Å²) in [6, 6.07) is 0. The fourth-order valence-corrected chi connectivity index (χ4v) is 4.23. The van der Waals surface area contributed by atoms with Crippen molar-refractivity contribution in [2.45, 2.75) is 64.6 Å². The van der Waals surface area contributed by atoms with Crippen LogP contribution in [0.1, 0.15) is 52.9 Å². The quantitative estimate of drug-likeness (QED) is 0.560. The van der Waals surface area contributed by atoms with Crippen LogP contribution in [0.2, 0.25) is 0 Å². The molecule has 0 amide bonds. The molecule has 17 heavy (non-hydrogen) atoms. The van der Waals surface area contributed by atoms with E-state index in [2.05, 4.69) is 26.8 Å². The molecule has 1 aliphatic heterocycles. The Labute approximate surface area is 104 Å². The van der Waals surface area contributed by atoms with Crippen LogP contribution < -0.4 is 0 Å². The number of hydrogen-bond donors (Lipinski definition) is 1. The van der Waals surface area contributed by atoms with Gasteiger partial charge in [-0.25, -0.2) is 0 Å². The van der Waals surface area contributed by atoms with Gasteiger partial charge in [-0.1, -0.05) is 25.5 Å². The summed E-state index contributed by atoms with van der Waals surface area (Å²) in [5, 5.41) is 10.0. The van der Waals surface area contributed by atoms with Crippen molar-refractivity contribution in [2.24, 2.45) is 10.8 Å². The topological polar surface area (TPSA) is 32.8 Å². The van der Waals surface area contributed by atoms with Gasteiger partial charge in [0.05, 0.1) is 18.3 Å². The van der Waals surface area contributed by atoms with Gasteiger partial charge < -0.3 is 9.84 Å². The van der Waals surface area contributed by atoms with E-state index < -0.39 is 0 Å².